The third-order valence-electron chi connectivity index (χ3n) is 3.70. The van der Waals surface area contributed by atoms with Gasteiger partial charge in [-0.1, -0.05) is 13.8 Å². The second kappa shape index (κ2) is 4.43. The van der Waals surface area contributed by atoms with Gasteiger partial charge in [0.2, 0.25) is 0 Å². The summed E-state index contributed by atoms with van der Waals surface area (Å²) < 4.78 is 0. The van der Waals surface area contributed by atoms with Crippen LogP contribution in [0.2, 0.25) is 0 Å². The van der Waals surface area contributed by atoms with Crippen molar-refractivity contribution in [1.29, 1.82) is 0 Å². The zero-order valence-electron chi connectivity index (χ0n) is 9.84. The molecule has 0 bridgehead atoms. The van der Waals surface area contributed by atoms with Crippen molar-refractivity contribution in [2.75, 3.05) is 7.05 Å². The van der Waals surface area contributed by atoms with Gasteiger partial charge in [-0.15, -0.1) is 0 Å². The number of nitrogens with one attached hydrogen (secondary N) is 1. The molecule has 0 aromatic carbocycles. The largest absolute Gasteiger partial charge is 0.317 e. The zero-order valence-corrected chi connectivity index (χ0v) is 9.84. The summed E-state index contributed by atoms with van der Waals surface area (Å²) in [6, 6.07) is 0.525. The van der Waals surface area contributed by atoms with E-state index < -0.39 is 0 Å². The fourth-order valence-electron chi connectivity index (χ4n) is 2.87. The van der Waals surface area contributed by atoms with Crippen molar-refractivity contribution in [3.05, 3.63) is 0 Å². The Morgan fingerprint density at radius 1 is 1.50 bits per heavy atom. The van der Waals surface area contributed by atoms with Gasteiger partial charge in [-0.2, -0.15) is 0 Å². The first-order valence-electron chi connectivity index (χ1n) is 5.64. The molecule has 0 aromatic rings. The SMILES string of the molecule is CNC(C)C1CC(C)CC(C)(C=O)C1. The number of carbonyl (C=O) groups excluding carboxylic acids is 1. The molecule has 0 aromatic heterocycles. The lowest BCUT2D eigenvalue weighted by Crippen LogP contribution is -2.40. The molecule has 4 unspecified atom stereocenters. The highest BCUT2D eigenvalue weighted by Crippen LogP contribution is 2.41. The van der Waals surface area contributed by atoms with Gasteiger partial charge in [0.05, 0.1) is 0 Å². The average molecular weight is 197 g/mol. The number of hydrogen-bond acceptors (Lipinski definition) is 2. The minimum atomic E-state index is -0.0759. The first kappa shape index (κ1) is 11.7. The highest BCUT2D eigenvalue weighted by Gasteiger charge is 2.36. The molecule has 0 aliphatic heterocycles. The van der Waals surface area contributed by atoms with E-state index in [2.05, 4.69) is 26.1 Å². The predicted octanol–water partition coefficient (Wildman–Crippen LogP) is 2.24. The number of aldehydes is 1. The minimum absolute atomic E-state index is 0.0759. The molecule has 1 saturated carbocycles. The van der Waals surface area contributed by atoms with Crippen LogP contribution in [0.15, 0.2) is 0 Å². The Morgan fingerprint density at radius 2 is 2.14 bits per heavy atom. The molecule has 4 atom stereocenters. The summed E-state index contributed by atoms with van der Waals surface area (Å²) in [6.07, 6.45) is 4.52. The Hall–Kier alpha value is -0.370. The van der Waals surface area contributed by atoms with Gasteiger partial charge in [0.1, 0.15) is 6.29 Å². The van der Waals surface area contributed by atoms with Crippen molar-refractivity contribution < 1.29 is 4.79 Å². The fraction of sp³-hybridized carbons (Fsp3) is 0.917. The fourth-order valence-corrected chi connectivity index (χ4v) is 2.87. The van der Waals surface area contributed by atoms with Gasteiger partial charge >= 0.3 is 0 Å². The summed E-state index contributed by atoms with van der Waals surface area (Å²) in [5, 5.41) is 3.30. The summed E-state index contributed by atoms with van der Waals surface area (Å²) in [7, 11) is 2.00. The molecule has 0 saturated heterocycles. The van der Waals surface area contributed by atoms with Crippen LogP contribution in [-0.2, 0) is 4.79 Å². The monoisotopic (exact) mass is 197 g/mol. The number of hydrogen-bond donors (Lipinski definition) is 1. The Labute approximate surface area is 87.5 Å². The molecule has 0 spiro atoms. The highest BCUT2D eigenvalue weighted by atomic mass is 16.1. The van der Waals surface area contributed by atoms with Gasteiger partial charge in [-0.3, -0.25) is 0 Å². The van der Waals surface area contributed by atoms with Crippen LogP contribution in [0, 0.1) is 17.3 Å². The average Bonchev–Trinajstić information content (AvgIpc) is 2.15. The molecule has 1 aliphatic carbocycles. The summed E-state index contributed by atoms with van der Waals surface area (Å²) in [4.78, 5) is 11.1. The lowest BCUT2D eigenvalue weighted by atomic mass is 9.66. The van der Waals surface area contributed by atoms with E-state index in [0.717, 1.165) is 19.1 Å². The van der Waals surface area contributed by atoms with E-state index in [1.807, 2.05) is 7.05 Å². The van der Waals surface area contributed by atoms with Gasteiger partial charge in [0, 0.05) is 11.5 Å². The first-order chi connectivity index (χ1) is 6.50. The second-order valence-electron chi connectivity index (χ2n) is 5.36. The van der Waals surface area contributed by atoms with Crippen LogP contribution in [0.25, 0.3) is 0 Å². The van der Waals surface area contributed by atoms with Crippen molar-refractivity contribution in [3.8, 4) is 0 Å². The Morgan fingerprint density at radius 3 is 2.64 bits per heavy atom. The molecule has 1 aliphatic rings. The predicted molar refractivity (Wildman–Crippen MR) is 59.2 cm³/mol. The maximum absolute atomic E-state index is 11.1. The van der Waals surface area contributed by atoms with Crippen LogP contribution in [0.1, 0.15) is 40.0 Å². The first-order valence-corrected chi connectivity index (χ1v) is 5.64. The topological polar surface area (TPSA) is 29.1 Å². The van der Waals surface area contributed by atoms with Crippen molar-refractivity contribution in [2.45, 2.75) is 46.1 Å². The van der Waals surface area contributed by atoms with Crippen molar-refractivity contribution in [2.24, 2.45) is 17.3 Å². The van der Waals surface area contributed by atoms with Crippen LogP contribution in [0.3, 0.4) is 0 Å². The van der Waals surface area contributed by atoms with E-state index in [4.69, 9.17) is 0 Å². The quantitative estimate of drug-likeness (QED) is 0.703. The molecule has 2 heteroatoms. The molecule has 0 amide bonds. The molecule has 1 rings (SSSR count). The van der Waals surface area contributed by atoms with Crippen molar-refractivity contribution >= 4 is 6.29 Å². The molecular weight excluding hydrogens is 174 g/mol. The van der Waals surface area contributed by atoms with Crippen molar-refractivity contribution in [1.82, 2.24) is 5.32 Å². The van der Waals surface area contributed by atoms with Gasteiger partial charge in [-0.05, 0) is 45.1 Å². The summed E-state index contributed by atoms with van der Waals surface area (Å²) in [6.45, 7) is 6.58. The lowest BCUT2D eigenvalue weighted by Gasteiger charge is -2.40. The van der Waals surface area contributed by atoms with Crippen LogP contribution in [0.5, 0.6) is 0 Å². The van der Waals surface area contributed by atoms with Crippen LogP contribution >= 0.6 is 0 Å². The third-order valence-corrected chi connectivity index (χ3v) is 3.70. The molecular formula is C12H23NO. The highest BCUT2D eigenvalue weighted by molar-refractivity contribution is 5.58. The number of rotatable bonds is 3. The van der Waals surface area contributed by atoms with Gasteiger partial charge in [0.25, 0.3) is 0 Å². The third kappa shape index (κ3) is 2.57. The summed E-state index contributed by atoms with van der Waals surface area (Å²) in [5.74, 6) is 1.33. The van der Waals surface area contributed by atoms with E-state index in [9.17, 15) is 4.79 Å². The summed E-state index contributed by atoms with van der Waals surface area (Å²) in [5.41, 5.74) is -0.0759. The standard InChI is InChI=1S/C12H23NO/c1-9-5-11(10(2)13-4)7-12(3,6-9)8-14/h8-11,13H,5-7H2,1-4H3. The maximum Gasteiger partial charge on any atom is 0.125 e. The van der Waals surface area contributed by atoms with E-state index in [0.29, 0.717) is 17.9 Å². The van der Waals surface area contributed by atoms with Gasteiger partial charge in [0.15, 0.2) is 0 Å². The molecule has 82 valence electrons. The van der Waals surface area contributed by atoms with Crippen LogP contribution in [0.4, 0.5) is 0 Å². The molecule has 1 fully saturated rings. The van der Waals surface area contributed by atoms with Gasteiger partial charge in [-0.25, -0.2) is 0 Å². The number of carbonyl (C=O) groups is 1. The van der Waals surface area contributed by atoms with Crippen LogP contribution < -0.4 is 5.32 Å². The van der Waals surface area contributed by atoms with E-state index in [-0.39, 0.29) is 5.41 Å². The zero-order chi connectivity index (χ0) is 10.8. The van der Waals surface area contributed by atoms with E-state index >= 15 is 0 Å². The molecule has 0 heterocycles. The van der Waals surface area contributed by atoms with Gasteiger partial charge < -0.3 is 10.1 Å². The Bertz CT molecular complexity index is 204. The van der Waals surface area contributed by atoms with E-state index in [1.165, 1.54) is 6.42 Å². The second-order valence-corrected chi connectivity index (χ2v) is 5.36. The molecule has 2 nitrogen and oxygen atoms in total. The smallest absolute Gasteiger partial charge is 0.125 e. The lowest BCUT2D eigenvalue weighted by molar-refractivity contribution is -0.118. The maximum atomic E-state index is 11.1. The molecule has 1 N–H and O–H groups in total. The normalized spacial score (nSPS) is 40.6. The van der Waals surface area contributed by atoms with E-state index in [1.54, 1.807) is 0 Å². The minimum Gasteiger partial charge on any atom is -0.317 e. The van der Waals surface area contributed by atoms with Crippen molar-refractivity contribution in [3.63, 3.8) is 0 Å². The molecule has 14 heavy (non-hydrogen) atoms. The Kier molecular flexibility index (Phi) is 3.71. The summed E-state index contributed by atoms with van der Waals surface area (Å²) >= 11 is 0. The molecule has 0 radical (unpaired) electrons. The Balaban J connectivity index is 2.67. The van der Waals surface area contributed by atoms with Crippen LogP contribution in [-0.4, -0.2) is 19.4 Å².